The molecule has 5 nitrogen and oxygen atoms in total. The van der Waals surface area contributed by atoms with Crippen LogP contribution in [0.4, 0.5) is 0 Å². The first kappa shape index (κ1) is 39.2. The molecular weight excluding hydrogens is 803 g/mol. The summed E-state index contributed by atoms with van der Waals surface area (Å²) in [5, 5.41) is 4.75. The number of aromatic nitrogens is 5. The van der Waals surface area contributed by atoms with Gasteiger partial charge < -0.3 is 9.13 Å². The fourth-order valence-corrected chi connectivity index (χ4v) is 9.69. The summed E-state index contributed by atoms with van der Waals surface area (Å²) < 4.78 is 4.80. The zero-order chi connectivity index (χ0) is 44.4. The first-order valence-corrected chi connectivity index (χ1v) is 22.6. The quantitative estimate of drug-likeness (QED) is 0.161. The summed E-state index contributed by atoms with van der Waals surface area (Å²) in [4.78, 5) is 16.3. The van der Waals surface area contributed by atoms with Gasteiger partial charge in [0.2, 0.25) is 0 Å². The van der Waals surface area contributed by atoms with Crippen molar-refractivity contribution < 1.29 is 0 Å². The van der Waals surface area contributed by atoms with Gasteiger partial charge in [0.05, 0.1) is 33.4 Å². The maximum absolute atomic E-state index is 5.54. The van der Waals surface area contributed by atoms with Gasteiger partial charge in [-0.05, 0) is 82.4 Å². The summed E-state index contributed by atoms with van der Waals surface area (Å²) in [5.41, 5.74) is 14.9. The third-order valence-corrected chi connectivity index (χ3v) is 12.8. The average Bonchev–Trinajstić information content (AvgIpc) is 3.88. The summed E-state index contributed by atoms with van der Waals surface area (Å²) in [6.07, 6.45) is 0. The van der Waals surface area contributed by atoms with E-state index in [4.69, 9.17) is 15.0 Å². The first-order valence-electron chi connectivity index (χ1n) is 22.6. The second-order valence-electron chi connectivity index (χ2n) is 18.0. The fraction of sp³-hybridized carbons (Fsp3) is 0.0656. The Morgan fingerprint density at radius 1 is 0.318 bits per heavy atom. The minimum absolute atomic E-state index is 0.389. The van der Waals surface area contributed by atoms with E-state index in [1.165, 1.54) is 43.8 Å². The molecule has 0 radical (unpaired) electrons. The molecule has 0 atom stereocenters. The molecule has 12 rings (SSSR count). The van der Waals surface area contributed by atoms with Crippen LogP contribution in [0.15, 0.2) is 218 Å². The van der Waals surface area contributed by atoms with Crippen molar-refractivity contribution in [2.75, 3.05) is 0 Å². The van der Waals surface area contributed by atoms with Crippen LogP contribution in [0.5, 0.6) is 0 Å². The molecular formula is C61H45N5. The number of para-hydroxylation sites is 4. The molecule has 66 heavy (non-hydrogen) atoms. The zero-order valence-corrected chi connectivity index (χ0v) is 37.0. The van der Waals surface area contributed by atoms with Crippen molar-refractivity contribution in [2.45, 2.75) is 26.2 Å². The molecule has 0 fully saturated rings. The lowest BCUT2D eigenvalue weighted by molar-refractivity contribution is 0.543. The second kappa shape index (κ2) is 15.7. The Balaban J connectivity index is 1.12. The number of benzene rings is 9. The lowest BCUT2D eigenvalue weighted by Gasteiger charge is -2.22. The Morgan fingerprint density at radius 3 is 1.32 bits per heavy atom. The molecule has 5 heteroatoms. The minimum atomic E-state index is -0.389. The SMILES string of the molecule is CC(C)(C)c1nc(-c2ccccc2-n2c3ccc(-c4ccccc4)cc3c3cc(-c4ccccc4)ccc32)nc(-c2cccc(-c3ccccc3)c2-n2c3ccccc3c3ccccc32)n1. The number of rotatable bonds is 7. The van der Waals surface area contributed by atoms with E-state index in [1.54, 1.807) is 0 Å². The van der Waals surface area contributed by atoms with E-state index in [9.17, 15) is 0 Å². The smallest absolute Gasteiger partial charge is 0.165 e. The van der Waals surface area contributed by atoms with Gasteiger partial charge in [0.1, 0.15) is 5.82 Å². The van der Waals surface area contributed by atoms with Crippen molar-refractivity contribution in [1.82, 2.24) is 24.1 Å². The summed E-state index contributed by atoms with van der Waals surface area (Å²) in [6, 6.07) is 78.0. The van der Waals surface area contributed by atoms with E-state index in [2.05, 4.69) is 248 Å². The monoisotopic (exact) mass is 847 g/mol. The van der Waals surface area contributed by atoms with Crippen LogP contribution in [0.1, 0.15) is 26.6 Å². The van der Waals surface area contributed by atoms with Crippen molar-refractivity contribution in [3.05, 3.63) is 224 Å². The highest BCUT2D eigenvalue weighted by molar-refractivity contribution is 6.13. The van der Waals surface area contributed by atoms with Gasteiger partial charge in [0.15, 0.2) is 11.6 Å². The molecule has 0 saturated carbocycles. The zero-order valence-electron chi connectivity index (χ0n) is 37.0. The van der Waals surface area contributed by atoms with Crippen LogP contribution in [0.25, 0.3) is 111 Å². The van der Waals surface area contributed by atoms with Gasteiger partial charge in [-0.3, -0.25) is 0 Å². The predicted octanol–water partition coefficient (Wildman–Crippen LogP) is 15.7. The predicted molar refractivity (Wildman–Crippen MR) is 274 cm³/mol. The Hall–Kier alpha value is -8.41. The highest BCUT2D eigenvalue weighted by Gasteiger charge is 2.27. The molecule has 0 amide bonds. The number of hydrogen-bond acceptors (Lipinski definition) is 3. The summed E-state index contributed by atoms with van der Waals surface area (Å²) in [6.45, 7) is 6.53. The normalized spacial score (nSPS) is 11.9. The lowest BCUT2D eigenvalue weighted by Crippen LogP contribution is -2.18. The summed E-state index contributed by atoms with van der Waals surface area (Å²) in [5.74, 6) is 1.96. The van der Waals surface area contributed by atoms with Gasteiger partial charge in [0.25, 0.3) is 0 Å². The van der Waals surface area contributed by atoms with Gasteiger partial charge in [-0.2, -0.15) is 0 Å². The second-order valence-corrected chi connectivity index (χ2v) is 18.0. The van der Waals surface area contributed by atoms with Crippen LogP contribution in [0, 0.1) is 0 Å². The van der Waals surface area contributed by atoms with Gasteiger partial charge >= 0.3 is 0 Å². The Morgan fingerprint density at radius 2 is 0.758 bits per heavy atom. The molecule has 0 N–H and O–H groups in total. The molecule has 0 unspecified atom stereocenters. The molecule has 0 aliphatic carbocycles. The van der Waals surface area contributed by atoms with Crippen LogP contribution in [-0.4, -0.2) is 24.1 Å². The average molecular weight is 848 g/mol. The van der Waals surface area contributed by atoms with Crippen LogP contribution >= 0.6 is 0 Å². The fourth-order valence-electron chi connectivity index (χ4n) is 9.69. The largest absolute Gasteiger partial charge is 0.309 e. The third kappa shape index (κ3) is 6.59. The van der Waals surface area contributed by atoms with Crippen LogP contribution in [-0.2, 0) is 5.41 Å². The molecule has 12 aromatic rings. The standard InChI is InChI=1S/C61H45N5/c1-61(2,3)60-63-58(62-59(64-60)49-30-19-29-45(42-24-11-6-12-25-42)57(49)66-52-31-16-13-26-46(52)47-27-14-17-32-53(47)66)48-28-15-18-33-54(48)65-55-36-34-43(40-20-7-4-8-21-40)38-50(55)51-39-44(35-37-56(51)65)41-22-9-5-10-23-41/h4-39H,1-3H3. The van der Waals surface area contributed by atoms with E-state index < -0.39 is 0 Å². The van der Waals surface area contributed by atoms with Gasteiger partial charge in [0, 0.05) is 43.7 Å². The topological polar surface area (TPSA) is 48.5 Å². The van der Waals surface area contributed by atoms with Gasteiger partial charge in [-0.25, -0.2) is 15.0 Å². The Bertz CT molecular complexity index is 3630. The molecule has 0 aliphatic rings. The third-order valence-electron chi connectivity index (χ3n) is 12.8. The van der Waals surface area contributed by atoms with Gasteiger partial charge in [-0.1, -0.05) is 185 Å². The molecule has 0 bridgehead atoms. The summed E-state index contributed by atoms with van der Waals surface area (Å²) >= 11 is 0. The van der Waals surface area contributed by atoms with E-state index in [0.29, 0.717) is 11.6 Å². The molecule has 0 aliphatic heterocycles. The Kier molecular flexibility index (Phi) is 9.32. The van der Waals surface area contributed by atoms with E-state index in [1.807, 2.05) is 0 Å². The molecule has 9 aromatic carbocycles. The van der Waals surface area contributed by atoms with Gasteiger partial charge in [-0.15, -0.1) is 0 Å². The molecule has 0 spiro atoms. The van der Waals surface area contributed by atoms with Crippen LogP contribution < -0.4 is 0 Å². The van der Waals surface area contributed by atoms with Crippen molar-refractivity contribution in [2.24, 2.45) is 0 Å². The molecule has 3 heterocycles. The van der Waals surface area contributed by atoms with E-state index >= 15 is 0 Å². The minimum Gasteiger partial charge on any atom is -0.309 e. The lowest BCUT2D eigenvalue weighted by atomic mass is 9.95. The van der Waals surface area contributed by atoms with Crippen molar-refractivity contribution in [3.8, 4) is 67.5 Å². The van der Waals surface area contributed by atoms with Crippen LogP contribution in [0.3, 0.4) is 0 Å². The highest BCUT2D eigenvalue weighted by atomic mass is 15.1. The maximum Gasteiger partial charge on any atom is 0.165 e. The first-order chi connectivity index (χ1) is 32.4. The molecule has 0 saturated heterocycles. The maximum atomic E-state index is 5.54. The van der Waals surface area contributed by atoms with Crippen LogP contribution in [0.2, 0.25) is 0 Å². The van der Waals surface area contributed by atoms with Crippen molar-refractivity contribution in [3.63, 3.8) is 0 Å². The van der Waals surface area contributed by atoms with Crippen molar-refractivity contribution in [1.29, 1.82) is 0 Å². The highest BCUT2D eigenvalue weighted by Crippen LogP contribution is 2.43. The number of nitrogens with zero attached hydrogens (tertiary/aromatic N) is 5. The Labute approximate surface area is 384 Å². The number of fused-ring (bicyclic) bond motifs is 6. The molecule has 3 aromatic heterocycles. The molecule has 314 valence electrons. The van der Waals surface area contributed by atoms with Crippen molar-refractivity contribution >= 4 is 43.6 Å². The number of hydrogen-bond donors (Lipinski definition) is 0. The summed E-state index contributed by atoms with van der Waals surface area (Å²) in [7, 11) is 0. The van der Waals surface area contributed by atoms with E-state index in [0.717, 1.165) is 61.5 Å². The van der Waals surface area contributed by atoms with E-state index in [-0.39, 0.29) is 5.41 Å².